The van der Waals surface area contributed by atoms with E-state index in [4.69, 9.17) is 4.74 Å². The maximum absolute atomic E-state index is 12.4. The molecule has 130 valence electrons. The fourth-order valence-corrected chi connectivity index (χ4v) is 2.92. The van der Waals surface area contributed by atoms with Gasteiger partial charge in [0.2, 0.25) is 5.91 Å². The lowest BCUT2D eigenvalue weighted by molar-refractivity contribution is -0.120. The van der Waals surface area contributed by atoms with Crippen molar-refractivity contribution in [3.63, 3.8) is 0 Å². The van der Waals surface area contributed by atoms with E-state index in [0.29, 0.717) is 24.4 Å². The molecule has 1 unspecified atom stereocenters. The second kappa shape index (κ2) is 7.38. The fourth-order valence-electron chi connectivity index (χ4n) is 2.92. The van der Waals surface area contributed by atoms with Crippen molar-refractivity contribution in [2.75, 3.05) is 18.0 Å². The predicted molar refractivity (Wildman–Crippen MR) is 97.0 cm³/mol. The highest BCUT2D eigenvalue weighted by Gasteiger charge is 2.25. The van der Waals surface area contributed by atoms with Gasteiger partial charge in [0.1, 0.15) is 11.9 Å². The average molecular weight is 338 g/mol. The summed E-state index contributed by atoms with van der Waals surface area (Å²) < 4.78 is 5.82. The molecule has 0 bridgehead atoms. The van der Waals surface area contributed by atoms with Gasteiger partial charge in [-0.2, -0.15) is 0 Å². The van der Waals surface area contributed by atoms with Crippen molar-refractivity contribution in [2.24, 2.45) is 0 Å². The van der Waals surface area contributed by atoms with Crippen molar-refractivity contribution in [2.45, 2.75) is 26.5 Å². The quantitative estimate of drug-likeness (QED) is 0.852. The zero-order chi connectivity index (χ0) is 17.8. The highest BCUT2D eigenvalue weighted by molar-refractivity contribution is 5.96. The van der Waals surface area contributed by atoms with Gasteiger partial charge in [0.25, 0.3) is 0 Å². The molecule has 1 aliphatic heterocycles. The van der Waals surface area contributed by atoms with Gasteiger partial charge in [0.15, 0.2) is 5.78 Å². The van der Waals surface area contributed by atoms with Crippen LogP contribution in [0.4, 0.5) is 5.69 Å². The normalized spacial score (nSPS) is 15.9. The molecule has 1 heterocycles. The van der Waals surface area contributed by atoms with E-state index in [1.165, 1.54) is 6.92 Å². The molecule has 1 aliphatic rings. The van der Waals surface area contributed by atoms with E-state index in [2.05, 4.69) is 5.32 Å². The number of nitrogens with one attached hydrogen (secondary N) is 1. The zero-order valence-electron chi connectivity index (χ0n) is 14.5. The van der Waals surface area contributed by atoms with Gasteiger partial charge in [0, 0.05) is 12.1 Å². The third kappa shape index (κ3) is 4.18. The maximum Gasteiger partial charge on any atom is 0.239 e. The molecule has 0 radical (unpaired) electrons. The predicted octanol–water partition coefficient (Wildman–Crippen LogP) is 2.79. The Kier molecular flexibility index (Phi) is 5.03. The van der Waals surface area contributed by atoms with E-state index >= 15 is 0 Å². The highest BCUT2D eigenvalue weighted by atomic mass is 16.5. The largest absolute Gasteiger partial charge is 0.487 e. The molecule has 0 aromatic heterocycles. The van der Waals surface area contributed by atoms with Gasteiger partial charge in [-0.1, -0.05) is 30.3 Å². The van der Waals surface area contributed by atoms with Crippen molar-refractivity contribution in [1.29, 1.82) is 0 Å². The number of hydrogen-bond donors (Lipinski definition) is 1. The van der Waals surface area contributed by atoms with Gasteiger partial charge in [-0.3, -0.25) is 9.59 Å². The van der Waals surface area contributed by atoms with Gasteiger partial charge in [0.05, 0.1) is 18.8 Å². The van der Waals surface area contributed by atoms with Crippen molar-refractivity contribution < 1.29 is 14.3 Å². The van der Waals surface area contributed by atoms with Gasteiger partial charge in [-0.15, -0.1) is 0 Å². The summed E-state index contributed by atoms with van der Waals surface area (Å²) in [7, 11) is 0. The van der Waals surface area contributed by atoms with E-state index in [-0.39, 0.29) is 24.3 Å². The SMILES string of the molecule is CC(=O)c1ccc2c(c1)N(CC(=O)NCc1ccccc1)CC(C)O2. The fraction of sp³-hybridized carbons (Fsp3) is 0.300. The summed E-state index contributed by atoms with van der Waals surface area (Å²) in [6.45, 7) is 4.84. The minimum atomic E-state index is -0.0582. The number of ether oxygens (including phenoxy) is 1. The molecular weight excluding hydrogens is 316 g/mol. The van der Waals surface area contributed by atoms with E-state index in [0.717, 1.165) is 11.3 Å². The van der Waals surface area contributed by atoms with Crippen LogP contribution in [0.15, 0.2) is 48.5 Å². The summed E-state index contributed by atoms with van der Waals surface area (Å²) in [4.78, 5) is 26.0. The molecule has 0 fully saturated rings. The molecule has 2 aromatic carbocycles. The molecule has 1 atom stereocenters. The van der Waals surface area contributed by atoms with Crippen LogP contribution in [0.3, 0.4) is 0 Å². The Morgan fingerprint density at radius 2 is 1.96 bits per heavy atom. The first-order valence-electron chi connectivity index (χ1n) is 8.40. The third-order valence-electron chi connectivity index (χ3n) is 4.18. The smallest absolute Gasteiger partial charge is 0.239 e. The van der Waals surface area contributed by atoms with Crippen LogP contribution in [-0.4, -0.2) is 30.9 Å². The topological polar surface area (TPSA) is 58.6 Å². The minimum Gasteiger partial charge on any atom is -0.487 e. The first-order valence-corrected chi connectivity index (χ1v) is 8.40. The summed E-state index contributed by atoms with van der Waals surface area (Å²) in [5.74, 6) is 0.645. The summed E-state index contributed by atoms with van der Waals surface area (Å²) in [6, 6.07) is 15.2. The lowest BCUT2D eigenvalue weighted by Crippen LogP contribution is -2.44. The Balaban J connectivity index is 1.70. The zero-order valence-corrected chi connectivity index (χ0v) is 14.5. The summed E-state index contributed by atoms with van der Waals surface area (Å²) in [6.07, 6.45) is -0.0161. The second-order valence-electron chi connectivity index (χ2n) is 6.31. The van der Waals surface area contributed by atoms with Crippen LogP contribution in [-0.2, 0) is 11.3 Å². The lowest BCUT2D eigenvalue weighted by Gasteiger charge is -2.34. The number of fused-ring (bicyclic) bond motifs is 1. The number of anilines is 1. The second-order valence-corrected chi connectivity index (χ2v) is 6.31. The highest BCUT2D eigenvalue weighted by Crippen LogP contribution is 2.34. The summed E-state index contributed by atoms with van der Waals surface area (Å²) in [5, 5.41) is 2.94. The molecule has 0 spiro atoms. The Morgan fingerprint density at radius 1 is 1.20 bits per heavy atom. The van der Waals surface area contributed by atoms with Crippen molar-refractivity contribution in [3.05, 3.63) is 59.7 Å². The van der Waals surface area contributed by atoms with Crippen LogP contribution < -0.4 is 15.0 Å². The average Bonchev–Trinajstić information content (AvgIpc) is 2.60. The molecule has 1 N–H and O–H groups in total. The first-order chi connectivity index (χ1) is 12.0. The third-order valence-corrected chi connectivity index (χ3v) is 4.18. The van der Waals surface area contributed by atoms with Crippen molar-refractivity contribution in [3.8, 4) is 5.75 Å². The Labute approximate surface area is 147 Å². The van der Waals surface area contributed by atoms with Gasteiger partial charge in [-0.05, 0) is 37.6 Å². The molecule has 5 heteroatoms. The maximum atomic E-state index is 12.4. The van der Waals surface area contributed by atoms with Crippen molar-refractivity contribution in [1.82, 2.24) is 5.32 Å². The van der Waals surface area contributed by atoms with Crippen LogP contribution >= 0.6 is 0 Å². The van der Waals surface area contributed by atoms with E-state index < -0.39 is 0 Å². The number of hydrogen-bond acceptors (Lipinski definition) is 4. The van der Waals surface area contributed by atoms with Crippen LogP contribution in [0.1, 0.15) is 29.8 Å². The number of nitrogens with zero attached hydrogens (tertiary/aromatic N) is 1. The molecular formula is C20H22N2O3. The van der Waals surface area contributed by atoms with Crippen LogP contribution in [0, 0.1) is 0 Å². The van der Waals surface area contributed by atoms with Gasteiger partial charge >= 0.3 is 0 Å². The molecule has 2 aromatic rings. The number of Topliss-reactive ketones (excluding diaryl/α,β-unsaturated/α-hetero) is 1. The number of ketones is 1. The molecule has 0 aliphatic carbocycles. The molecule has 0 saturated heterocycles. The number of benzene rings is 2. The van der Waals surface area contributed by atoms with Crippen LogP contribution in [0.2, 0.25) is 0 Å². The molecule has 0 saturated carbocycles. The van der Waals surface area contributed by atoms with E-state index in [1.54, 1.807) is 18.2 Å². The molecule has 3 rings (SSSR count). The molecule has 5 nitrogen and oxygen atoms in total. The van der Waals surface area contributed by atoms with E-state index in [9.17, 15) is 9.59 Å². The summed E-state index contributed by atoms with van der Waals surface area (Å²) in [5.41, 5.74) is 2.47. The first kappa shape index (κ1) is 17.0. The molecule has 1 amide bonds. The standard InChI is InChI=1S/C20H22N2O3/c1-14-12-22(13-20(24)21-11-16-6-4-3-5-7-16)18-10-17(15(2)23)8-9-19(18)25-14/h3-10,14H,11-13H2,1-2H3,(H,21,24). The van der Waals surface area contributed by atoms with E-state index in [1.807, 2.05) is 42.2 Å². The summed E-state index contributed by atoms with van der Waals surface area (Å²) >= 11 is 0. The van der Waals surface area contributed by atoms with Crippen LogP contribution in [0.25, 0.3) is 0 Å². The molecule has 25 heavy (non-hydrogen) atoms. The van der Waals surface area contributed by atoms with Gasteiger partial charge < -0.3 is 15.0 Å². The van der Waals surface area contributed by atoms with Crippen molar-refractivity contribution >= 4 is 17.4 Å². The number of carbonyl (C=O) groups is 2. The number of rotatable bonds is 5. The minimum absolute atomic E-state index is 0.00472. The Bertz CT molecular complexity index is 774. The monoisotopic (exact) mass is 338 g/mol. The number of carbonyl (C=O) groups excluding carboxylic acids is 2. The Hall–Kier alpha value is -2.82. The Morgan fingerprint density at radius 3 is 2.68 bits per heavy atom. The number of amides is 1. The van der Waals surface area contributed by atoms with Crippen LogP contribution in [0.5, 0.6) is 5.75 Å². The lowest BCUT2D eigenvalue weighted by atomic mass is 10.1. The van der Waals surface area contributed by atoms with Gasteiger partial charge in [-0.25, -0.2) is 0 Å².